The first-order valence-corrected chi connectivity index (χ1v) is 7.77. The zero-order valence-corrected chi connectivity index (χ0v) is 14.0. The Kier molecular flexibility index (Phi) is 8.11. The van der Waals surface area contributed by atoms with E-state index < -0.39 is 24.5 Å². The molecule has 0 radical (unpaired) electrons. The fourth-order valence-corrected chi connectivity index (χ4v) is 1.84. The highest BCUT2D eigenvalue weighted by atomic mass is 35.5. The van der Waals surface area contributed by atoms with Crippen molar-refractivity contribution < 1.29 is 19.1 Å². The molecule has 0 heterocycles. The Bertz CT molecular complexity index is 546. The van der Waals surface area contributed by atoms with E-state index in [1.807, 2.05) is 6.92 Å². The van der Waals surface area contributed by atoms with Gasteiger partial charge in [-0.2, -0.15) is 0 Å². The van der Waals surface area contributed by atoms with Crippen molar-refractivity contribution in [3.05, 3.63) is 34.9 Å². The van der Waals surface area contributed by atoms with E-state index in [-0.39, 0.29) is 12.3 Å². The third kappa shape index (κ3) is 7.65. The predicted octanol–water partition coefficient (Wildman–Crippen LogP) is 1.46. The minimum atomic E-state index is -0.677. The van der Waals surface area contributed by atoms with Gasteiger partial charge in [0.1, 0.15) is 6.04 Å². The number of ether oxygens (including phenoxy) is 1. The highest BCUT2D eigenvalue weighted by Gasteiger charge is 2.16. The van der Waals surface area contributed by atoms with Crippen molar-refractivity contribution in [2.75, 3.05) is 13.2 Å². The molecule has 6 nitrogen and oxygen atoms in total. The van der Waals surface area contributed by atoms with Gasteiger partial charge in [-0.05, 0) is 31.0 Å². The Morgan fingerprint density at radius 2 is 1.87 bits per heavy atom. The SMILES string of the molecule is CCCNC(=O)[C@@H](C)NC(=O)COC(=O)Cc1ccc(Cl)cc1. The molecule has 0 aliphatic carbocycles. The number of carbonyl (C=O) groups excluding carboxylic acids is 3. The number of hydrogen-bond acceptors (Lipinski definition) is 4. The molecule has 0 bridgehead atoms. The topological polar surface area (TPSA) is 84.5 Å². The fraction of sp³-hybridized carbons (Fsp3) is 0.438. The second-order valence-corrected chi connectivity index (χ2v) is 5.48. The Morgan fingerprint density at radius 1 is 1.22 bits per heavy atom. The molecule has 0 fully saturated rings. The van der Waals surface area contributed by atoms with Crippen molar-refractivity contribution in [1.82, 2.24) is 10.6 Å². The lowest BCUT2D eigenvalue weighted by molar-refractivity contribution is -0.148. The Morgan fingerprint density at radius 3 is 2.48 bits per heavy atom. The van der Waals surface area contributed by atoms with Gasteiger partial charge in [0, 0.05) is 11.6 Å². The van der Waals surface area contributed by atoms with E-state index in [0.29, 0.717) is 11.6 Å². The molecule has 1 rings (SSSR count). The molecule has 0 aliphatic rings. The second kappa shape index (κ2) is 9.84. The molecule has 2 N–H and O–H groups in total. The Labute approximate surface area is 140 Å². The molecule has 0 spiro atoms. The van der Waals surface area contributed by atoms with Crippen LogP contribution in [-0.2, 0) is 25.5 Å². The van der Waals surface area contributed by atoms with Crippen LogP contribution in [0, 0.1) is 0 Å². The minimum Gasteiger partial charge on any atom is -0.455 e. The third-order valence-corrected chi connectivity index (χ3v) is 3.20. The summed E-state index contributed by atoms with van der Waals surface area (Å²) in [5.41, 5.74) is 0.743. The van der Waals surface area contributed by atoms with Gasteiger partial charge in [-0.15, -0.1) is 0 Å². The smallest absolute Gasteiger partial charge is 0.310 e. The summed E-state index contributed by atoms with van der Waals surface area (Å²) in [5, 5.41) is 5.72. The average molecular weight is 341 g/mol. The van der Waals surface area contributed by atoms with E-state index in [2.05, 4.69) is 10.6 Å². The van der Waals surface area contributed by atoms with E-state index in [0.717, 1.165) is 12.0 Å². The van der Waals surface area contributed by atoms with E-state index in [4.69, 9.17) is 16.3 Å². The molecule has 0 aromatic heterocycles. The Balaban J connectivity index is 2.30. The quantitative estimate of drug-likeness (QED) is 0.702. The van der Waals surface area contributed by atoms with E-state index in [9.17, 15) is 14.4 Å². The molecular formula is C16H21ClN2O4. The van der Waals surface area contributed by atoms with E-state index >= 15 is 0 Å². The van der Waals surface area contributed by atoms with Crippen LogP contribution in [0.5, 0.6) is 0 Å². The van der Waals surface area contributed by atoms with Gasteiger partial charge in [0.15, 0.2) is 6.61 Å². The summed E-state index contributed by atoms with van der Waals surface area (Å²) in [4.78, 5) is 34.9. The number of carbonyl (C=O) groups is 3. The van der Waals surface area contributed by atoms with Crippen molar-refractivity contribution in [2.45, 2.75) is 32.7 Å². The average Bonchev–Trinajstić information content (AvgIpc) is 2.52. The number of halogens is 1. The summed E-state index contributed by atoms with van der Waals surface area (Å²) in [6.45, 7) is 3.63. The summed E-state index contributed by atoms with van der Waals surface area (Å²) >= 11 is 5.75. The molecule has 1 aromatic carbocycles. The molecule has 2 amide bonds. The summed E-state index contributed by atoms with van der Waals surface area (Å²) in [6.07, 6.45) is 0.867. The summed E-state index contributed by atoms with van der Waals surface area (Å²) in [7, 11) is 0. The highest BCUT2D eigenvalue weighted by molar-refractivity contribution is 6.30. The van der Waals surface area contributed by atoms with Crippen LogP contribution >= 0.6 is 11.6 Å². The van der Waals surface area contributed by atoms with Gasteiger partial charge in [0.05, 0.1) is 6.42 Å². The van der Waals surface area contributed by atoms with Crippen molar-refractivity contribution in [3.8, 4) is 0 Å². The monoisotopic (exact) mass is 340 g/mol. The lowest BCUT2D eigenvalue weighted by Gasteiger charge is -2.13. The number of hydrogen-bond donors (Lipinski definition) is 2. The molecule has 23 heavy (non-hydrogen) atoms. The van der Waals surface area contributed by atoms with E-state index in [1.165, 1.54) is 0 Å². The number of nitrogens with one attached hydrogen (secondary N) is 2. The van der Waals surface area contributed by atoms with Gasteiger partial charge < -0.3 is 15.4 Å². The maximum Gasteiger partial charge on any atom is 0.310 e. The maximum atomic E-state index is 11.6. The summed E-state index contributed by atoms with van der Waals surface area (Å²) in [5.74, 6) is -1.31. The first kappa shape index (κ1) is 19.0. The molecule has 0 saturated carbocycles. The van der Waals surface area contributed by atoms with Crippen LogP contribution in [0.25, 0.3) is 0 Å². The zero-order chi connectivity index (χ0) is 17.2. The number of amides is 2. The van der Waals surface area contributed by atoms with Crippen molar-refractivity contribution in [1.29, 1.82) is 0 Å². The van der Waals surface area contributed by atoms with Gasteiger partial charge >= 0.3 is 5.97 Å². The fourth-order valence-electron chi connectivity index (χ4n) is 1.72. The largest absolute Gasteiger partial charge is 0.455 e. The standard InChI is InChI=1S/C16H21ClN2O4/c1-3-8-18-16(22)11(2)19-14(20)10-23-15(21)9-12-4-6-13(17)7-5-12/h4-7,11H,3,8-10H2,1-2H3,(H,18,22)(H,19,20)/t11-/m1/s1. The van der Waals surface area contributed by atoms with Gasteiger partial charge in [-0.3, -0.25) is 14.4 Å². The number of rotatable bonds is 8. The zero-order valence-electron chi connectivity index (χ0n) is 13.2. The first-order valence-electron chi connectivity index (χ1n) is 7.39. The third-order valence-electron chi connectivity index (χ3n) is 2.95. The number of benzene rings is 1. The lowest BCUT2D eigenvalue weighted by atomic mass is 10.1. The molecule has 0 aliphatic heterocycles. The second-order valence-electron chi connectivity index (χ2n) is 5.04. The highest BCUT2D eigenvalue weighted by Crippen LogP contribution is 2.10. The van der Waals surface area contributed by atoms with Crippen LogP contribution in [0.1, 0.15) is 25.8 Å². The first-order chi connectivity index (χ1) is 10.9. The summed E-state index contributed by atoms with van der Waals surface area (Å²) < 4.78 is 4.88. The van der Waals surface area contributed by atoms with Crippen LogP contribution in [-0.4, -0.2) is 37.0 Å². The molecule has 1 aromatic rings. The lowest BCUT2D eigenvalue weighted by Crippen LogP contribution is -2.46. The van der Waals surface area contributed by atoms with E-state index in [1.54, 1.807) is 31.2 Å². The molecule has 0 saturated heterocycles. The van der Waals surface area contributed by atoms with Gasteiger partial charge in [-0.25, -0.2) is 0 Å². The molecule has 7 heteroatoms. The van der Waals surface area contributed by atoms with Crippen LogP contribution < -0.4 is 10.6 Å². The summed E-state index contributed by atoms with van der Waals surface area (Å²) in [6, 6.07) is 6.10. The van der Waals surface area contributed by atoms with Crippen LogP contribution in [0.15, 0.2) is 24.3 Å². The molecule has 126 valence electrons. The van der Waals surface area contributed by atoms with Crippen molar-refractivity contribution in [3.63, 3.8) is 0 Å². The van der Waals surface area contributed by atoms with Gasteiger partial charge in [-0.1, -0.05) is 30.7 Å². The number of esters is 1. The molecule has 0 unspecified atom stereocenters. The maximum absolute atomic E-state index is 11.6. The van der Waals surface area contributed by atoms with Crippen LogP contribution in [0.3, 0.4) is 0 Å². The Hall–Kier alpha value is -2.08. The van der Waals surface area contributed by atoms with Crippen LogP contribution in [0.2, 0.25) is 5.02 Å². The normalized spacial score (nSPS) is 11.4. The van der Waals surface area contributed by atoms with Crippen LogP contribution in [0.4, 0.5) is 0 Å². The van der Waals surface area contributed by atoms with Crippen molar-refractivity contribution in [2.24, 2.45) is 0 Å². The minimum absolute atomic E-state index is 0.0526. The molecule has 1 atom stereocenters. The van der Waals surface area contributed by atoms with Gasteiger partial charge in [0.2, 0.25) is 5.91 Å². The van der Waals surface area contributed by atoms with Gasteiger partial charge in [0.25, 0.3) is 5.91 Å². The van der Waals surface area contributed by atoms with Crippen molar-refractivity contribution >= 4 is 29.4 Å². The predicted molar refractivity (Wildman–Crippen MR) is 87.0 cm³/mol. The molecular weight excluding hydrogens is 320 g/mol.